The molecule has 0 fully saturated rings. The molecule has 1 aromatic rings. The Balaban J connectivity index is 3.07. The van der Waals surface area contributed by atoms with Gasteiger partial charge in [0.2, 0.25) is 0 Å². The number of aliphatic hydroxyl groups excluding tert-OH is 1. The largest absolute Gasteiger partial charge is 0.479 e. The lowest BCUT2D eigenvalue weighted by Crippen LogP contribution is -2.14. The first-order valence-electron chi connectivity index (χ1n) is 5.13. The van der Waals surface area contributed by atoms with Crippen molar-refractivity contribution >= 4 is 21.9 Å². The van der Waals surface area contributed by atoms with Gasteiger partial charge in [-0.25, -0.2) is 4.79 Å². The van der Waals surface area contributed by atoms with E-state index in [9.17, 15) is 9.90 Å². The third-order valence-corrected chi connectivity index (χ3v) is 3.06. The molecule has 0 saturated heterocycles. The van der Waals surface area contributed by atoms with Crippen LogP contribution >= 0.6 is 15.9 Å². The zero-order chi connectivity index (χ0) is 12.1. The molecule has 4 heteroatoms. The summed E-state index contributed by atoms with van der Waals surface area (Å²) in [6.07, 6.45) is 0.265. The number of hydrogen-bond donors (Lipinski definition) is 2. The number of benzene rings is 1. The number of alkyl halides is 1. The summed E-state index contributed by atoms with van der Waals surface area (Å²) >= 11 is 3.34. The molecular formula is C12H15BrO3. The van der Waals surface area contributed by atoms with Gasteiger partial charge in [0.05, 0.1) is 0 Å². The van der Waals surface area contributed by atoms with Crippen LogP contribution in [-0.2, 0) is 11.2 Å². The molecule has 16 heavy (non-hydrogen) atoms. The molecule has 0 heterocycles. The Kier molecular flexibility index (Phi) is 4.96. The Morgan fingerprint density at radius 3 is 2.75 bits per heavy atom. The molecule has 0 aromatic heterocycles. The van der Waals surface area contributed by atoms with Crippen LogP contribution < -0.4 is 0 Å². The van der Waals surface area contributed by atoms with Gasteiger partial charge in [-0.05, 0) is 36.5 Å². The predicted octanol–water partition coefficient (Wildman–Crippen LogP) is 2.44. The van der Waals surface area contributed by atoms with Gasteiger partial charge in [-0.3, -0.25) is 0 Å². The summed E-state index contributed by atoms with van der Waals surface area (Å²) in [7, 11) is 0. The SMILES string of the molecule is Cc1cccc(CCCBr)c1C(O)C(=O)O. The number of aliphatic carboxylic acids is 1. The minimum Gasteiger partial charge on any atom is -0.479 e. The number of carboxylic acid groups (broad SMARTS) is 1. The van der Waals surface area contributed by atoms with E-state index >= 15 is 0 Å². The summed E-state index contributed by atoms with van der Waals surface area (Å²) in [4.78, 5) is 10.8. The van der Waals surface area contributed by atoms with E-state index in [0.717, 1.165) is 29.3 Å². The van der Waals surface area contributed by atoms with E-state index in [2.05, 4.69) is 15.9 Å². The van der Waals surface area contributed by atoms with Crippen LogP contribution in [0.25, 0.3) is 0 Å². The molecule has 3 nitrogen and oxygen atoms in total. The molecule has 1 rings (SSSR count). The molecule has 0 aliphatic heterocycles. The van der Waals surface area contributed by atoms with Crippen molar-refractivity contribution in [1.82, 2.24) is 0 Å². The van der Waals surface area contributed by atoms with Gasteiger partial charge < -0.3 is 10.2 Å². The smallest absolute Gasteiger partial charge is 0.337 e. The second-order valence-electron chi connectivity index (χ2n) is 3.68. The fourth-order valence-electron chi connectivity index (χ4n) is 1.73. The number of carbonyl (C=O) groups is 1. The lowest BCUT2D eigenvalue weighted by Gasteiger charge is -2.14. The Hall–Kier alpha value is -0.870. The maximum Gasteiger partial charge on any atom is 0.337 e. The first-order valence-corrected chi connectivity index (χ1v) is 6.25. The topological polar surface area (TPSA) is 57.5 Å². The zero-order valence-electron chi connectivity index (χ0n) is 9.11. The molecule has 1 unspecified atom stereocenters. The number of carboxylic acids is 1. The number of halogens is 1. The average molecular weight is 287 g/mol. The summed E-state index contributed by atoms with van der Waals surface area (Å²) in [6.45, 7) is 1.82. The molecule has 0 saturated carbocycles. The fraction of sp³-hybridized carbons (Fsp3) is 0.417. The van der Waals surface area contributed by atoms with Gasteiger partial charge in [-0.1, -0.05) is 34.1 Å². The van der Waals surface area contributed by atoms with E-state index in [1.165, 1.54) is 0 Å². The summed E-state index contributed by atoms with van der Waals surface area (Å²) in [6, 6.07) is 5.58. The van der Waals surface area contributed by atoms with E-state index in [1.807, 2.05) is 25.1 Å². The summed E-state index contributed by atoms with van der Waals surface area (Å²) in [5.74, 6) is -1.20. The van der Waals surface area contributed by atoms with Crippen molar-refractivity contribution < 1.29 is 15.0 Å². The van der Waals surface area contributed by atoms with E-state index in [-0.39, 0.29) is 0 Å². The quantitative estimate of drug-likeness (QED) is 0.818. The molecule has 2 N–H and O–H groups in total. The standard InChI is InChI=1S/C12H15BrO3/c1-8-4-2-5-9(6-3-7-13)10(8)11(14)12(15)16/h2,4-5,11,14H,3,6-7H2,1H3,(H,15,16). The van der Waals surface area contributed by atoms with Gasteiger partial charge in [-0.15, -0.1) is 0 Å². The second kappa shape index (κ2) is 6.01. The third kappa shape index (κ3) is 3.06. The minimum atomic E-state index is -1.42. The first kappa shape index (κ1) is 13.2. The van der Waals surface area contributed by atoms with Crippen molar-refractivity contribution in [3.63, 3.8) is 0 Å². The van der Waals surface area contributed by atoms with E-state index < -0.39 is 12.1 Å². The lowest BCUT2D eigenvalue weighted by atomic mass is 9.94. The maximum absolute atomic E-state index is 10.8. The van der Waals surface area contributed by atoms with E-state index in [4.69, 9.17) is 5.11 Å². The van der Waals surface area contributed by atoms with Gasteiger partial charge >= 0.3 is 5.97 Å². The molecule has 0 bridgehead atoms. The Bertz CT molecular complexity index is 377. The summed E-state index contributed by atoms with van der Waals surface area (Å²) in [5, 5.41) is 19.4. The summed E-state index contributed by atoms with van der Waals surface area (Å²) < 4.78 is 0. The van der Waals surface area contributed by atoms with Gasteiger partial charge in [0, 0.05) is 5.33 Å². The molecule has 0 spiro atoms. The van der Waals surface area contributed by atoms with Crippen LogP contribution in [0.15, 0.2) is 18.2 Å². The van der Waals surface area contributed by atoms with Crippen molar-refractivity contribution in [2.75, 3.05) is 5.33 Å². The van der Waals surface area contributed by atoms with Crippen molar-refractivity contribution in [1.29, 1.82) is 0 Å². The van der Waals surface area contributed by atoms with Crippen LogP contribution in [0.5, 0.6) is 0 Å². The minimum absolute atomic E-state index is 0.538. The normalized spacial score (nSPS) is 12.4. The highest BCUT2D eigenvalue weighted by atomic mass is 79.9. The molecule has 0 aliphatic carbocycles. The van der Waals surface area contributed by atoms with Crippen LogP contribution in [-0.4, -0.2) is 21.5 Å². The van der Waals surface area contributed by atoms with Crippen molar-refractivity contribution in [3.8, 4) is 0 Å². The number of hydrogen-bond acceptors (Lipinski definition) is 2. The van der Waals surface area contributed by atoms with Crippen LogP contribution in [0.2, 0.25) is 0 Å². The highest BCUT2D eigenvalue weighted by Gasteiger charge is 2.20. The molecule has 1 aromatic carbocycles. The lowest BCUT2D eigenvalue weighted by molar-refractivity contribution is -0.147. The molecular weight excluding hydrogens is 272 g/mol. The monoisotopic (exact) mass is 286 g/mol. The first-order chi connectivity index (χ1) is 7.57. The fourth-order valence-corrected chi connectivity index (χ4v) is 2.01. The Morgan fingerprint density at radius 1 is 1.50 bits per heavy atom. The highest BCUT2D eigenvalue weighted by Crippen LogP contribution is 2.23. The number of aliphatic hydroxyl groups is 1. The van der Waals surface area contributed by atoms with Crippen LogP contribution in [0.4, 0.5) is 0 Å². The predicted molar refractivity (Wildman–Crippen MR) is 65.9 cm³/mol. The third-order valence-electron chi connectivity index (χ3n) is 2.50. The maximum atomic E-state index is 10.8. The molecule has 0 aliphatic rings. The molecule has 1 atom stereocenters. The van der Waals surface area contributed by atoms with E-state index in [0.29, 0.717) is 5.56 Å². The van der Waals surface area contributed by atoms with Crippen LogP contribution in [0.3, 0.4) is 0 Å². The molecule has 88 valence electrons. The van der Waals surface area contributed by atoms with E-state index in [1.54, 1.807) is 0 Å². The van der Waals surface area contributed by atoms with Crippen LogP contribution in [0.1, 0.15) is 29.2 Å². The number of aryl methyl sites for hydroxylation is 2. The molecule has 0 radical (unpaired) electrons. The van der Waals surface area contributed by atoms with Gasteiger partial charge in [0.1, 0.15) is 0 Å². The van der Waals surface area contributed by atoms with Gasteiger partial charge in [0.25, 0.3) is 0 Å². The van der Waals surface area contributed by atoms with Crippen LogP contribution in [0, 0.1) is 6.92 Å². The van der Waals surface area contributed by atoms with Gasteiger partial charge in [0.15, 0.2) is 6.10 Å². The van der Waals surface area contributed by atoms with Crippen molar-refractivity contribution in [3.05, 3.63) is 34.9 Å². The average Bonchev–Trinajstić information content (AvgIpc) is 2.25. The number of rotatable bonds is 5. The Morgan fingerprint density at radius 2 is 2.19 bits per heavy atom. The zero-order valence-corrected chi connectivity index (χ0v) is 10.7. The highest BCUT2D eigenvalue weighted by molar-refractivity contribution is 9.09. The Labute approximate surface area is 103 Å². The van der Waals surface area contributed by atoms with Crippen molar-refractivity contribution in [2.45, 2.75) is 25.9 Å². The van der Waals surface area contributed by atoms with Gasteiger partial charge in [-0.2, -0.15) is 0 Å². The second-order valence-corrected chi connectivity index (χ2v) is 4.47. The summed E-state index contributed by atoms with van der Waals surface area (Å²) in [5.41, 5.74) is 2.27. The molecule has 0 amide bonds. The van der Waals surface area contributed by atoms with Crippen molar-refractivity contribution in [2.24, 2.45) is 0 Å².